The molecule has 0 aromatic heterocycles. The molecule has 15 heavy (non-hydrogen) atoms. The summed E-state index contributed by atoms with van der Waals surface area (Å²) in [6.45, 7) is 11.2. The Morgan fingerprint density at radius 1 is 1.20 bits per heavy atom. The van der Waals surface area contributed by atoms with Crippen LogP contribution in [0.15, 0.2) is 90.8 Å². The van der Waals surface area contributed by atoms with Crippen molar-refractivity contribution in [3.63, 3.8) is 0 Å². The van der Waals surface area contributed by atoms with Crippen LogP contribution in [-0.4, -0.2) is 0 Å². The maximum atomic E-state index is 3.87. The van der Waals surface area contributed by atoms with E-state index in [-0.39, 0.29) is 0 Å². The first-order valence-corrected chi connectivity index (χ1v) is 4.73. The normalized spacial score (nSPS) is 14.3. The quantitative estimate of drug-likeness (QED) is 0.468. The molecule has 0 aromatic rings. The Morgan fingerprint density at radius 3 is 2.53 bits per heavy atom. The minimum absolute atomic E-state index is 1.01. The second-order valence-electron chi connectivity index (χ2n) is 3.08. The van der Waals surface area contributed by atoms with E-state index in [1.807, 2.05) is 30.4 Å². The van der Waals surface area contributed by atoms with Gasteiger partial charge in [-0.15, -0.1) is 5.73 Å². The highest BCUT2D eigenvalue weighted by atomic mass is 14.1. The first kappa shape index (κ1) is 11.0. The molecule has 0 fully saturated rings. The van der Waals surface area contributed by atoms with Crippen LogP contribution >= 0.6 is 0 Å². The van der Waals surface area contributed by atoms with Crippen molar-refractivity contribution >= 4 is 0 Å². The van der Waals surface area contributed by atoms with E-state index in [0.717, 1.165) is 16.7 Å². The fourth-order valence-electron chi connectivity index (χ4n) is 1.23. The standard InChI is InChI=1S/C15H14/c1-4-6-7-9-14(8-5-2)15-11-10-13(3)12-15/h4-6,8-12H,1-3H2. The van der Waals surface area contributed by atoms with Crippen molar-refractivity contribution in [3.05, 3.63) is 90.8 Å². The predicted octanol–water partition coefficient (Wildman–Crippen LogP) is 4.05. The SMILES string of the molecule is C=CC=C=CC(=CC=C)C1=CC(=C)C=C1. The van der Waals surface area contributed by atoms with E-state index in [1.165, 1.54) is 0 Å². The molecule has 0 atom stereocenters. The Morgan fingerprint density at radius 2 is 2.00 bits per heavy atom. The van der Waals surface area contributed by atoms with Crippen LogP contribution in [0.3, 0.4) is 0 Å². The molecule has 0 N–H and O–H groups in total. The Bertz CT molecular complexity index is 431. The third kappa shape index (κ3) is 3.30. The molecule has 74 valence electrons. The van der Waals surface area contributed by atoms with Gasteiger partial charge >= 0.3 is 0 Å². The Labute approximate surface area is 91.3 Å². The lowest BCUT2D eigenvalue weighted by molar-refractivity contribution is 1.57. The highest BCUT2D eigenvalue weighted by Gasteiger charge is 2.02. The van der Waals surface area contributed by atoms with Gasteiger partial charge < -0.3 is 0 Å². The molecular weight excluding hydrogens is 180 g/mol. The molecule has 0 aliphatic heterocycles. The van der Waals surface area contributed by atoms with E-state index in [0.29, 0.717) is 0 Å². The molecule has 0 aromatic carbocycles. The second-order valence-corrected chi connectivity index (χ2v) is 3.08. The van der Waals surface area contributed by atoms with Gasteiger partial charge in [-0.1, -0.05) is 50.1 Å². The van der Waals surface area contributed by atoms with Crippen LogP contribution in [-0.2, 0) is 0 Å². The zero-order chi connectivity index (χ0) is 11.1. The summed E-state index contributed by atoms with van der Waals surface area (Å²) in [4.78, 5) is 0. The van der Waals surface area contributed by atoms with Crippen LogP contribution in [0, 0.1) is 0 Å². The molecule has 0 radical (unpaired) electrons. The summed E-state index contributed by atoms with van der Waals surface area (Å²) in [5.41, 5.74) is 6.24. The van der Waals surface area contributed by atoms with Gasteiger partial charge in [0.2, 0.25) is 0 Å². The van der Waals surface area contributed by atoms with Crippen molar-refractivity contribution in [1.82, 2.24) is 0 Å². The van der Waals surface area contributed by atoms with Crippen molar-refractivity contribution in [2.75, 3.05) is 0 Å². The Balaban J connectivity index is 3.00. The van der Waals surface area contributed by atoms with Gasteiger partial charge in [-0.25, -0.2) is 0 Å². The fraction of sp³-hybridized carbons (Fsp3) is 0. The zero-order valence-corrected chi connectivity index (χ0v) is 8.74. The molecule has 1 rings (SSSR count). The number of hydrogen-bond acceptors (Lipinski definition) is 0. The van der Waals surface area contributed by atoms with Crippen LogP contribution < -0.4 is 0 Å². The van der Waals surface area contributed by atoms with Crippen molar-refractivity contribution in [3.8, 4) is 0 Å². The molecule has 0 amide bonds. The number of hydrogen-bond donors (Lipinski definition) is 0. The van der Waals surface area contributed by atoms with Crippen LogP contribution in [0.4, 0.5) is 0 Å². The number of rotatable bonds is 4. The van der Waals surface area contributed by atoms with Gasteiger partial charge in [0.25, 0.3) is 0 Å². The van der Waals surface area contributed by atoms with Crippen molar-refractivity contribution in [2.45, 2.75) is 0 Å². The molecule has 0 bridgehead atoms. The van der Waals surface area contributed by atoms with E-state index in [1.54, 1.807) is 18.2 Å². The van der Waals surface area contributed by atoms with E-state index >= 15 is 0 Å². The van der Waals surface area contributed by atoms with Gasteiger partial charge in [-0.3, -0.25) is 0 Å². The smallest absolute Gasteiger partial charge is 0.0107 e. The lowest BCUT2D eigenvalue weighted by Crippen LogP contribution is -1.78. The highest BCUT2D eigenvalue weighted by Crippen LogP contribution is 2.21. The number of allylic oxidation sites excluding steroid dienone is 10. The van der Waals surface area contributed by atoms with Gasteiger partial charge in [0.15, 0.2) is 0 Å². The van der Waals surface area contributed by atoms with Crippen molar-refractivity contribution in [2.24, 2.45) is 0 Å². The molecular formula is C15H14. The molecule has 1 aliphatic carbocycles. The van der Waals surface area contributed by atoms with Crippen LogP contribution in [0.25, 0.3) is 0 Å². The van der Waals surface area contributed by atoms with E-state index in [4.69, 9.17) is 0 Å². The van der Waals surface area contributed by atoms with Crippen LogP contribution in [0.1, 0.15) is 0 Å². The summed E-state index contributed by atoms with van der Waals surface area (Å²) < 4.78 is 0. The van der Waals surface area contributed by atoms with Crippen LogP contribution in [0.2, 0.25) is 0 Å². The van der Waals surface area contributed by atoms with E-state index < -0.39 is 0 Å². The lowest BCUT2D eigenvalue weighted by Gasteiger charge is -1.97. The fourth-order valence-corrected chi connectivity index (χ4v) is 1.23. The summed E-state index contributed by atoms with van der Waals surface area (Å²) in [6, 6.07) is 0. The van der Waals surface area contributed by atoms with Crippen molar-refractivity contribution < 1.29 is 0 Å². The zero-order valence-electron chi connectivity index (χ0n) is 8.74. The maximum Gasteiger partial charge on any atom is -0.0107 e. The van der Waals surface area contributed by atoms with Gasteiger partial charge in [-0.05, 0) is 34.9 Å². The third-order valence-electron chi connectivity index (χ3n) is 1.90. The Kier molecular flexibility index (Phi) is 4.15. The summed E-state index contributed by atoms with van der Waals surface area (Å²) >= 11 is 0. The predicted molar refractivity (Wildman–Crippen MR) is 67.5 cm³/mol. The highest BCUT2D eigenvalue weighted by molar-refractivity contribution is 5.57. The summed E-state index contributed by atoms with van der Waals surface area (Å²) in [7, 11) is 0. The first-order chi connectivity index (χ1) is 7.27. The summed E-state index contributed by atoms with van der Waals surface area (Å²) in [5.74, 6) is 0. The van der Waals surface area contributed by atoms with E-state index in [2.05, 4.69) is 25.5 Å². The van der Waals surface area contributed by atoms with Crippen molar-refractivity contribution in [1.29, 1.82) is 0 Å². The molecule has 1 aliphatic rings. The monoisotopic (exact) mass is 194 g/mol. The van der Waals surface area contributed by atoms with Gasteiger partial charge in [-0.2, -0.15) is 0 Å². The summed E-state index contributed by atoms with van der Waals surface area (Å²) in [5, 5.41) is 0. The topological polar surface area (TPSA) is 0 Å². The minimum atomic E-state index is 1.01. The molecule has 0 saturated carbocycles. The molecule has 0 nitrogen and oxygen atoms in total. The molecule has 0 saturated heterocycles. The Hall–Kier alpha value is -2.04. The maximum absolute atomic E-state index is 3.87. The second kappa shape index (κ2) is 5.64. The molecule has 0 spiro atoms. The van der Waals surface area contributed by atoms with E-state index in [9.17, 15) is 0 Å². The largest absolute Gasteiger partial charge is 0.120 e. The summed E-state index contributed by atoms with van der Waals surface area (Å²) in [6.07, 6.45) is 15.1. The average Bonchev–Trinajstić information content (AvgIpc) is 2.64. The molecule has 0 heteroatoms. The molecule has 0 unspecified atom stereocenters. The third-order valence-corrected chi connectivity index (χ3v) is 1.90. The van der Waals surface area contributed by atoms with Crippen LogP contribution in [0.5, 0.6) is 0 Å². The van der Waals surface area contributed by atoms with Gasteiger partial charge in [0.1, 0.15) is 0 Å². The van der Waals surface area contributed by atoms with Gasteiger partial charge in [0, 0.05) is 0 Å². The minimum Gasteiger partial charge on any atom is -0.120 e. The first-order valence-electron chi connectivity index (χ1n) is 4.73. The van der Waals surface area contributed by atoms with Gasteiger partial charge in [0.05, 0.1) is 0 Å². The lowest BCUT2D eigenvalue weighted by atomic mass is 10.1. The average molecular weight is 194 g/mol. The molecule has 0 heterocycles.